The van der Waals surface area contributed by atoms with E-state index >= 15 is 0 Å². The molecular weight excluding hydrogens is 408 g/mol. The lowest BCUT2D eigenvalue weighted by atomic mass is 10.2. The molecule has 0 aromatic heterocycles. The summed E-state index contributed by atoms with van der Waals surface area (Å²) in [5.41, 5.74) is 0. The fourth-order valence-corrected chi connectivity index (χ4v) is 2.31. The van der Waals surface area contributed by atoms with Crippen LogP contribution in [0.15, 0.2) is 0 Å². The van der Waals surface area contributed by atoms with Crippen LogP contribution in [0, 0.1) is 0 Å². The van der Waals surface area contributed by atoms with Gasteiger partial charge < -0.3 is 37.9 Å². The Morgan fingerprint density at radius 3 is 1.19 bits per heavy atom. The second-order valence-corrected chi connectivity index (χ2v) is 6.67. The maximum atomic E-state index is 10.9. The molecule has 186 valence electrons. The van der Waals surface area contributed by atoms with E-state index in [0.29, 0.717) is 85.9 Å². The molecule has 0 N–H and O–H groups in total. The fraction of sp³-hybridized carbons (Fsp3) is 0.955. The molecule has 9 heteroatoms. The first-order chi connectivity index (χ1) is 15.3. The van der Waals surface area contributed by atoms with Gasteiger partial charge in [0.15, 0.2) is 0 Å². The third kappa shape index (κ3) is 27.2. The Bertz CT molecular complexity index is 356. The van der Waals surface area contributed by atoms with E-state index in [4.69, 9.17) is 33.2 Å². The van der Waals surface area contributed by atoms with Crippen LogP contribution in [0.25, 0.3) is 0 Å². The van der Waals surface area contributed by atoms with Crippen LogP contribution in [0.4, 0.5) is 0 Å². The minimum atomic E-state index is -0.276. The van der Waals surface area contributed by atoms with E-state index in [1.807, 2.05) is 0 Å². The molecule has 0 amide bonds. The summed E-state index contributed by atoms with van der Waals surface area (Å²) in [7, 11) is 1.36. The largest absolute Gasteiger partial charge is 0.469 e. The van der Waals surface area contributed by atoms with Gasteiger partial charge in [-0.25, -0.2) is 0 Å². The number of carbonyl (C=O) groups excluding carboxylic acids is 1. The zero-order valence-electron chi connectivity index (χ0n) is 19.6. The first-order valence-electron chi connectivity index (χ1n) is 11.4. The van der Waals surface area contributed by atoms with Crippen molar-refractivity contribution in [3.8, 4) is 0 Å². The quantitative estimate of drug-likeness (QED) is 0.145. The first kappa shape index (κ1) is 30.2. The van der Waals surface area contributed by atoms with Gasteiger partial charge in [-0.05, 0) is 6.42 Å². The van der Waals surface area contributed by atoms with Gasteiger partial charge in [0.05, 0.1) is 99.4 Å². The standard InChI is InChI=1S/C22H44O9/c1-3-4-5-6-8-25-10-12-27-14-16-29-18-20-31-21-19-30-17-15-28-13-11-26-9-7-22(23)24-2/h3-21H2,1-2H3. The fourth-order valence-electron chi connectivity index (χ4n) is 2.31. The number of methoxy groups -OCH3 is 1. The normalized spacial score (nSPS) is 11.2. The summed E-state index contributed by atoms with van der Waals surface area (Å²) in [6.45, 7) is 9.75. The number of carbonyl (C=O) groups is 1. The van der Waals surface area contributed by atoms with Crippen LogP contribution in [0.5, 0.6) is 0 Å². The van der Waals surface area contributed by atoms with Crippen molar-refractivity contribution < 1.29 is 42.7 Å². The molecule has 0 spiro atoms. The van der Waals surface area contributed by atoms with E-state index in [0.717, 1.165) is 13.0 Å². The van der Waals surface area contributed by atoms with E-state index in [-0.39, 0.29) is 12.4 Å². The molecule has 31 heavy (non-hydrogen) atoms. The van der Waals surface area contributed by atoms with Crippen molar-refractivity contribution in [2.24, 2.45) is 0 Å². The molecule has 9 nitrogen and oxygen atoms in total. The molecule has 0 saturated carbocycles. The van der Waals surface area contributed by atoms with Gasteiger partial charge in [-0.15, -0.1) is 0 Å². The Labute approximate surface area is 187 Å². The third-order valence-corrected chi connectivity index (χ3v) is 4.05. The van der Waals surface area contributed by atoms with Crippen LogP contribution >= 0.6 is 0 Å². The minimum Gasteiger partial charge on any atom is -0.469 e. The van der Waals surface area contributed by atoms with Gasteiger partial charge in [-0.2, -0.15) is 0 Å². The second-order valence-electron chi connectivity index (χ2n) is 6.67. The second kappa shape index (κ2) is 27.2. The van der Waals surface area contributed by atoms with Crippen LogP contribution in [-0.4, -0.2) is 106 Å². The lowest BCUT2D eigenvalue weighted by molar-refractivity contribution is -0.141. The average Bonchev–Trinajstić information content (AvgIpc) is 2.78. The molecule has 0 aromatic carbocycles. The Kier molecular flexibility index (Phi) is 26.5. The predicted octanol–water partition coefficient (Wildman–Crippen LogP) is 2.25. The SMILES string of the molecule is CCCCCCOCCOCCOCCOCCOCCOCCOCCC(=O)OC. The smallest absolute Gasteiger partial charge is 0.307 e. The molecule has 0 bridgehead atoms. The van der Waals surface area contributed by atoms with E-state index < -0.39 is 0 Å². The lowest BCUT2D eigenvalue weighted by Crippen LogP contribution is -2.14. The molecule has 0 fully saturated rings. The highest BCUT2D eigenvalue weighted by molar-refractivity contribution is 5.69. The number of rotatable bonds is 26. The lowest BCUT2D eigenvalue weighted by Gasteiger charge is -2.08. The predicted molar refractivity (Wildman–Crippen MR) is 117 cm³/mol. The molecule has 0 aliphatic carbocycles. The molecule has 0 radical (unpaired) electrons. The number of unbranched alkanes of at least 4 members (excludes halogenated alkanes) is 3. The number of ether oxygens (including phenoxy) is 8. The summed E-state index contributed by atoms with van der Waals surface area (Å²) in [6.07, 6.45) is 5.16. The molecule has 0 aromatic rings. The summed E-state index contributed by atoms with van der Waals surface area (Å²) in [5.74, 6) is -0.276. The van der Waals surface area contributed by atoms with Gasteiger partial charge in [0, 0.05) is 6.61 Å². The van der Waals surface area contributed by atoms with Gasteiger partial charge in [-0.3, -0.25) is 4.79 Å². The summed E-state index contributed by atoms with van der Waals surface area (Å²) in [4.78, 5) is 10.9. The summed E-state index contributed by atoms with van der Waals surface area (Å²) in [6, 6.07) is 0. The Morgan fingerprint density at radius 2 is 0.839 bits per heavy atom. The molecule has 0 aliphatic rings. The Morgan fingerprint density at radius 1 is 0.484 bits per heavy atom. The first-order valence-corrected chi connectivity index (χ1v) is 11.4. The van der Waals surface area contributed by atoms with Crippen molar-refractivity contribution in [3.05, 3.63) is 0 Å². The highest BCUT2D eigenvalue weighted by atomic mass is 16.6. The highest BCUT2D eigenvalue weighted by Crippen LogP contribution is 1.98. The van der Waals surface area contributed by atoms with Gasteiger partial charge in [0.25, 0.3) is 0 Å². The van der Waals surface area contributed by atoms with Crippen molar-refractivity contribution in [2.45, 2.75) is 39.0 Å². The van der Waals surface area contributed by atoms with E-state index in [1.54, 1.807) is 0 Å². The van der Waals surface area contributed by atoms with Crippen LogP contribution in [0.1, 0.15) is 39.0 Å². The van der Waals surface area contributed by atoms with Gasteiger partial charge in [-0.1, -0.05) is 26.2 Å². The van der Waals surface area contributed by atoms with Gasteiger partial charge >= 0.3 is 5.97 Å². The number of hydrogen-bond donors (Lipinski definition) is 0. The van der Waals surface area contributed by atoms with Crippen molar-refractivity contribution in [3.63, 3.8) is 0 Å². The summed E-state index contributed by atoms with van der Waals surface area (Å²) >= 11 is 0. The molecular formula is C22H44O9. The zero-order valence-corrected chi connectivity index (χ0v) is 19.6. The monoisotopic (exact) mass is 452 g/mol. The van der Waals surface area contributed by atoms with E-state index in [1.165, 1.54) is 26.4 Å². The van der Waals surface area contributed by atoms with Crippen molar-refractivity contribution in [1.82, 2.24) is 0 Å². The molecule has 0 saturated heterocycles. The molecule has 0 aliphatic heterocycles. The van der Waals surface area contributed by atoms with Crippen LogP contribution < -0.4 is 0 Å². The van der Waals surface area contributed by atoms with Crippen LogP contribution in [0.3, 0.4) is 0 Å². The summed E-state index contributed by atoms with van der Waals surface area (Å²) in [5, 5.41) is 0. The van der Waals surface area contributed by atoms with Gasteiger partial charge in [0.2, 0.25) is 0 Å². The van der Waals surface area contributed by atoms with E-state index in [9.17, 15) is 4.79 Å². The summed E-state index contributed by atoms with van der Waals surface area (Å²) < 4.78 is 42.3. The van der Waals surface area contributed by atoms with E-state index in [2.05, 4.69) is 11.7 Å². The minimum absolute atomic E-state index is 0.257. The van der Waals surface area contributed by atoms with Crippen molar-refractivity contribution in [1.29, 1.82) is 0 Å². The van der Waals surface area contributed by atoms with Crippen LogP contribution in [-0.2, 0) is 42.7 Å². The van der Waals surface area contributed by atoms with Crippen LogP contribution in [0.2, 0.25) is 0 Å². The van der Waals surface area contributed by atoms with Crippen molar-refractivity contribution in [2.75, 3.05) is 99.6 Å². The number of esters is 1. The number of hydrogen-bond acceptors (Lipinski definition) is 9. The maximum absolute atomic E-state index is 10.9. The van der Waals surface area contributed by atoms with Crippen molar-refractivity contribution >= 4 is 5.97 Å². The molecule has 0 atom stereocenters. The Balaban J connectivity index is 3.01. The molecule has 0 heterocycles. The topological polar surface area (TPSA) is 90.9 Å². The third-order valence-electron chi connectivity index (χ3n) is 4.05. The molecule has 0 unspecified atom stereocenters. The maximum Gasteiger partial charge on any atom is 0.307 e. The van der Waals surface area contributed by atoms with Gasteiger partial charge in [0.1, 0.15) is 0 Å². The average molecular weight is 453 g/mol. The Hall–Kier alpha value is -0.810. The molecule has 0 rings (SSSR count). The highest BCUT2D eigenvalue weighted by Gasteiger charge is 1.99. The zero-order chi connectivity index (χ0) is 22.7.